The minimum atomic E-state index is -0.926. The highest BCUT2D eigenvalue weighted by molar-refractivity contribution is 5.67. The molecule has 0 saturated carbocycles. The van der Waals surface area contributed by atoms with E-state index in [1.807, 2.05) is 6.92 Å². The summed E-state index contributed by atoms with van der Waals surface area (Å²) < 4.78 is 0. The number of aliphatic hydroxyl groups excluding tert-OH is 2. The molecule has 0 aromatic carbocycles. The topological polar surface area (TPSA) is 77.8 Å². The van der Waals surface area contributed by atoms with Gasteiger partial charge in [-0.2, -0.15) is 0 Å². The zero-order chi connectivity index (χ0) is 14.5. The molecule has 0 aromatic heterocycles. The molecule has 2 atom stereocenters. The van der Waals surface area contributed by atoms with Gasteiger partial charge in [0.15, 0.2) is 0 Å². The van der Waals surface area contributed by atoms with Crippen LogP contribution in [0, 0.1) is 0 Å². The maximum Gasteiger partial charge on any atom is 0.305 e. The Bertz CT molecular complexity index is 216. The average molecular weight is 274 g/mol. The lowest BCUT2D eigenvalue weighted by atomic mass is 10.0. The predicted octanol–water partition coefficient (Wildman–Crippen LogP) is 3.10. The minimum Gasteiger partial charge on any atom is -0.481 e. The Labute approximate surface area is 116 Å². The van der Waals surface area contributed by atoms with Crippen LogP contribution in [0.3, 0.4) is 0 Å². The molecule has 0 heterocycles. The fraction of sp³-hybridized carbons (Fsp3) is 0.933. The fourth-order valence-electron chi connectivity index (χ4n) is 2.18. The highest BCUT2D eigenvalue weighted by atomic mass is 16.4. The lowest BCUT2D eigenvalue weighted by Gasteiger charge is -2.07. The van der Waals surface area contributed by atoms with E-state index in [2.05, 4.69) is 0 Å². The van der Waals surface area contributed by atoms with Crippen molar-refractivity contribution >= 4 is 5.97 Å². The molecule has 0 rings (SSSR count). The predicted molar refractivity (Wildman–Crippen MR) is 76.1 cm³/mol. The Morgan fingerprint density at radius 1 is 0.842 bits per heavy atom. The molecule has 4 heteroatoms. The van der Waals surface area contributed by atoms with Crippen LogP contribution in [0.1, 0.15) is 77.6 Å². The van der Waals surface area contributed by atoms with E-state index in [9.17, 15) is 9.90 Å². The highest BCUT2D eigenvalue weighted by Gasteiger charge is 2.08. The van der Waals surface area contributed by atoms with Gasteiger partial charge >= 0.3 is 5.97 Å². The van der Waals surface area contributed by atoms with E-state index in [1.54, 1.807) is 0 Å². The molecule has 0 aromatic rings. The van der Waals surface area contributed by atoms with E-state index in [4.69, 9.17) is 10.2 Å². The number of hydrogen-bond acceptors (Lipinski definition) is 3. The van der Waals surface area contributed by atoms with E-state index >= 15 is 0 Å². The molecule has 4 nitrogen and oxygen atoms in total. The van der Waals surface area contributed by atoms with E-state index in [0.717, 1.165) is 32.1 Å². The van der Waals surface area contributed by atoms with Gasteiger partial charge in [-0.3, -0.25) is 4.79 Å². The van der Waals surface area contributed by atoms with E-state index in [0.29, 0.717) is 6.42 Å². The van der Waals surface area contributed by atoms with Crippen LogP contribution in [0.2, 0.25) is 0 Å². The van der Waals surface area contributed by atoms with E-state index in [1.165, 1.54) is 25.7 Å². The summed E-state index contributed by atoms with van der Waals surface area (Å²) in [7, 11) is 0. The molecule has 19 heavy (non-hydrogen) atoms. The molecule has 0 amide bonds. The number of unbranched alkanes of at least 4 members (excludes halogenated alkanes) is 7. The molecular weight excluding hydrogens is 244 g/mol. The molecule has 0 spiro atoms. The van der Waals surface area contributed by atoms with Crippen molar-refractivity contribution in [3.63, 3.8) is 0 Å². The summed E-state index contributed by atoms with van der Waals surface area (Å²) in [5.74, 6) is -0.926. The van der Waals surface area contributed by atoms with Crippen LogP contribution < -0.4 is 0 Å². The van der Waals surface area contributed by atoms with Gasteiger partial charge in [0.2, 0.25) is 0 Å². The van der Waals surface area contributed by atoms with Gasteiger partial charge in [0.25, 0.3) is 0 Å². The molecule has 3 N–H and O–H groups in total. The Morgan fingerprint density at radius 2 is 1.26 bits per heavy atom. The summed E-state index contributed by atoms with van der Waals surface area (Å²) in [4.78, 5) is 10.3. The lowest BCUT2D eigenvalue weighted by molar-refractivity contribution is -0.139. The monoisotopic (exact) mass is 274 g/mol. The second-order valence-corrected chi connectivity index (χ2v) is 5.51. The highest BCUT2D eigenvalue weighted by Crippen LogP contribution is 2.12. The van der Waals surface area contributed by atoms with Gasteiger partial charge in [-0.15, -0.1) is 0 Å². The van der Waals surface area contributed by atoms with Gasteiger partial charge in [0.05, 0.1) is 18.6 Å². The number of carbonyl (C=O) groups is 1. The maximum atomic E-state index is 10.3. The molecule has 0 saturated heterocycles. The summed E-state index contributed by atoms with van der Waals surface area (Å²) in [6.07, 6.45) is 9.65. The SMILES string of the molecule is C[C@@H](O)CCCCCCCCCC[C@@H](O)CC(=O)O. The van der Waals surface area contributed by atoms with Gasteiger partial charge in [-0.05, 0) is 19.8 Å². The molecule has 0 radical (unpaired) electrons. The summed E-state index contributed by atoms with van der Waals surface area (Å²) in [5, 5.41) is 26.9. The smallest absolute Gasteiger partial charge is 0.305 e. The minimum absolute atomic E-state index is 0.136. The van der Waals surface area contributed by atoms with Gasteiger partial charge in [0.1, 0.15) is 0 Å². The molecule has 0 bridgehead atoms. The quantitative estimate of drug-likeness (QED) is 0.451. The Hall–Kier alpha value is -0.610. The van der Waals surface area contributed by atoms with Crippen molar-refractivity contribution in [2.75, 3.05) is 0 Å². The molecule has 0 fully saturated rings. The first-order valence-electron chi connectivity index (χ1n) is 7.60. The van der Waals surface area contributed by atoms with Gasteiger partial charge in [0, 0.05) is 0 Å². The third-order valence-corrected chi connectivity index (χ3v) is 3.32. The van der Waals surface area contributed by atoms with Crippen LogP contribution in [0.4, 0.5) is 0 Å². The maximum absolute atomic E-state index is 10.3. The molecule has 0 unspecified atom stereocenters. The first-order chi connectivity index (χ1) is 9.02. The Balaban J connectivity index is 3.12. The largest absolute Gasteiger partial charge is 0.481 e. The van der Waals surface area contributed by atoms with Gasteiger partial charge in [-0.1, -0.05) is 51.4 Å². The first-order valence-corrected chi connectivity index (χ1v) is 7.60. The van der Waals surface area contributed by atoms with E-state index < -0.39 is 12.1 Å². The van der Waals surface area contributed by atoms with Crippen LogP contribution in [0.5, 0.6) is 0 Å². The lowest BCUT2D eigenvalue weighted by Crippen LogP contribution is -2.12. The Kier molecular flexibility index (Phi) is 12.0. The number of carboxylic acids is 1. The molecule has 0 aliphatic heterocycles. The molecular formula is C15H30O4. The average Bonchev–Trinajstić information content (AvgIpc) is 2.30. The third-order valence-electron chi connectivity index (χ3n) is 3.32. The second kappa shape index (κ2) is 12.4. The first kappa shape index (κ1) is 18.4. The van der Waals surface area contributed by atoms with Crippen molar-refractivity contribution in [3.8, 4) is 0 Å². The number of aliphatic carboxylic acids is 1. The standard InChI is InChI=1S/C15H30O4/c1-13(16)10-8-6-4-2-3-5-7-9-11-14(17)12-15(18)19/h13-14,16-17H,2-12H2,1H3,(H,18,19)/t13-,14-/m1/s1. The second-order valence-electron chi connectivity index (χ2n) is 5.51. The van der Waals surface area contributed by atoms with E-state index in [-0.39, 0.29) is 12.5 Å². The Morgan fingerprint density at radius 3 is 1.68 bits per heavy atom. The van der Waals surface area contributed by atoms with Crippen molar-refractivity contribution in [3.05, 3.63) is 0 Å². The van der Waals surface area contributed by atoms with Gasteiger partial charge < -0.3 is 15.3 Å². The van der Waals surface area contributed by atoms with Crippen LogP contribution in [-0.2, 0) is 4.79 Å². The van der Waals surface area contributed by atoms with Crippen molar-refractivity contribution in [1.29, 1.82) is 0 Å². The van der Waals surface area contributed by atoms with Crippen LogP contribution >= 0.6 is 0 Å². The summed E-state index contributed by atoms with van der Waals surface area (Å²) in [5.41, 5.74) is 0. The van der Waals surface area contributed by atoms with Crippen molar-refractivity contribution in [2.24, 2.45) is 0 Å². The zero-order valence-corrected chi connectivity index (χ0v) is 12.2. The van der Waals surface area contributed by atoms with Crippen LogP contribution in [0.25, 0.3) is 0 Å². The van der Waals surface area contributed by atoms with Crippen LogP contribution in [-0.4, -0.2) is 33.5 Å². The molecule has 114 valence electrons. The summed E-state index contributed by atoms with van der Waals surface area (Å²) >= 11 is 0. The zero-order valence-electron chi connectivity index (χ0n) is 12.2. The fourth-order valence-corrected chi connectivity index (χ4v) is 2.18. The number of rotatable bonds is 13. The van der Waals surface area contributed by atoms with Crippen molar-refractivity contribution < 1.29 is 20.1 Å². The van der Waals surface area contributed by atoms with Crippen LogP contribution in [0.15, 0.2) is 0 Å². The molecule has 0 aliphatic rings. The summed E-state index contributed by atoms with van der Waals surface area (Å²) in [6, 6.07) is 0. The number of aliphatic hydroxyl groups is 2. The van der Waals surface area contributed by atoms with Crippen molar-refractivity contribution in [2.45, 2.75) is 89.8 Å². The van der Waals surface area contributed by atoms with Gasteiger partial charge in [-0.25, -0.2) is 0 Å². The summed E-state index contributed by atoms with van der Waals surface area (Å²) in [6.45, 7) is 1.83. The molecule has 0 aliphatic carbocycles. The number of hydrogen-bond donors (Lipinski definition) is 3. The normalized spacial score (nSPS) is 14.3. The van der Waals surface area contributed by atoms with Crippen molar-refractivity contribution in [1.82, 2.24) is 0 Å². The number of carboxylic acid groups (broad SMARTS) is 1. The third kappa shape index (κ3) is 15.3.